The van der Waals surface area contributed by atoms with E-state index in [-0.39, 0.29) is 11.6 Å². The summed E-state index contributed by atoms with van der Waals surface area (Å²) in [5.74, 6) is 0.0329. The van der Waals surface area contributed by atoms with Gasteiger partial charge in [-0.2, -0.15) is 0 Å². The highest BCUT2D eigenvalue weighted by molar-refractivity contribution is 14.1. The molecule has 2 aromatic carbocycles. The zero-order valence-corrected chi connectivity index (χ0v) is 14.9. The highest BCUT2D eigenvalue weighted by Crippen LogP contribution is 2.17. The molecule has 0 saturated carbocycles. The Morgan fingerprint density at radius 3 is 2.75 bits per heavy atom. The number of anilines is 1. The Kier molecular flexibility index (Phi) is 5.27. The van der Waals surface area contributed by atoms with Crippen molar-refractivity contribution in [3.05, 3.63) is 81.6 Å². The van der Waals surface area contributed by atoms with Crippen molar-refractivity contribution in [2.45, 2.75) is 12.5 Å². The average molecular weight is 433 g/mol. The number of amides is 1. The van der Waals surface area contributed by atoms with Gasteiger partial charge in [0.1, 0.15) is 6.26 Å². The molecule has 0 bridgehead atoms. The molecule has 1 heterocycles. The van der Waals surface area contributed by atoms with Gasteiger partial charge in [0.2, 0.25) is 5.89 Å². The minimum Gasteiger partial charge on any atom is -0.446 e. The third kappa shape index (κ3) is 4.21. The number of nitrogens with two attached hydrogens (primary N) is 1. The number of aromatic nitrogens is 1. The van der Waals surface area contributed by atoms with E-state index in [0.29, 0.717) is 18.0 Å². The monoisotopic (exact) mass is 433 g/mol. The van der Waals surface area contributed by atoms with Gasteiger partial charge in [-0.15, -0.1) is 0 Å². The maximum absolute atomic E-state index is 12.2. The summed E-state index contributed by atoms with van der Waals surface area (Å²) in [6, 6.07) is 17.0. The first-order valence-corrected chi connectivity index (χ1v) is 8.51. The maximum atomic E-state index is 12.2. The lowest BCUT2D eigenvalue weighted by Gasteiger charge is -2.07. The van der Waals surface area contributed by atoms with E-state index in [0.717, 1.165) is 9.13 Å². The van der Waals surface area contributed by atoms with E-state index in [1.54, 1.807) is 0 Å². The van der Waals surface area contributed by atoms with Crippen LogP contribution in [0.1, 0.15) is 28.0 Å². The summed E-state index contributed by atoms with van der Waals surface area (Å²) < 4.78 is 6.42. The number of benzene rings is 2. The molecule has 24 heavy (non-hydrogen) atoms. The van der Waals surface area contributed by atoms with E-state index in [1.807, 2.05) is 54.6 Å². The second-order valence-electron chi connectivity index (χ2n) is 5.33. The molecular weight excluding hydrogens is 417 g/mol. The molecule has 0 radical (unpaired) electrons. The molecule has 0 aliphatic rings. The molecule has 3 rings (SSSR count). The standard InChI is InChI=1S/C18H16IN3O2/c19-13-7-4-8-14(10-13)21-17(23)16-11-24-18(22-16)15(20)9-12-5-2-1-3-6-12/h1-8,10-11,15H,9,20H2,(H,21,23). The summed E-state index contributed by atoms with van der Waals surface area (Å²) in [4.78, 5) is 16.5. The van der Waals surface area contributed by atoms with Crippen LogP contribution in [0.25, 0.3) is 0 Å². The fourth-order valence-electron chi connectivity index (χ4n) is 2.28. The molecule has 3 aromatic rings. The largest absolute Gasteiger partial charge is 0.446 e. The predicted octanol–water partition coefficient (Wildman–Crippen LogP) is 3.77. The minimum atomic E-state index is -0.397. The Bertz CT molecular complexity index is 833. The van der Waals surface area contributed by atoms with Crippen molar-refractivity contribution < 1.29 is 9.21 Å². The lowest BCUT2D eigenvalue weighted by Crippen LogP contribution is -2.16. The summed E-state index contributed by atoms with van der Waals surface area (Å²) in [5, 5.41) is 2.79. The van der Waals surface area contributed by atoms with Gasteiger partial charge in [0, 0.05) is 9.26 Å². The fraction of sp³-hybridized carbons (Fsp3) is 0.111. The first-order chi connectivity index (χ1) is 11.6. The molecule has 1 aromatic heterocycles. The van der Waals surface area contributed by atoms with Crippen LogP contribution >= 0.6 is 22.6 Å². The third-order valence-electron chi connectivity index (χ3n) is 3.45. The summed E-state index contributed by atoms with van der Waals surface area (Å²) in [7, 11) is 0. The molecule has 0 saturated heterocycles. The Morgan fingerprint density at radius 1 is 1.21 bits per heavy atom. The number of halogens is 1. The molecule has 5 nitrogen and oxygen atoms in total. The van der Waals surface area contributed by atoms with Crippen LogP contribution in [-0.2, 0) is 6.42 Å². The SMILES string of the molecule is NC(Cc1ccccc1)c1nc(C(=O)Nc2cccc(I)c2)co1. The van der Waals surface area contributed by atoms with E-state index in [4.69, 9.17) is 10.2 Å². The minimum absolute atomic E-state index is 0.215. The summed E-state index contributed by atoms with van der Waals surface area (Å²) >= 11 is 2.19. The van der Waals surface area contributed by atoms with Crippen molar-refractivity contribution in [1.29, 1.82) is 0 Å². The summed E-state index contributed by atoms with van der Waals surface area (Å²) in [5.41, 5.74) is 8.14. The second kappa shape index (κ2) is 7.59. The van der Waals surface area contributed by atoms with Gasteiger partial charge in [0.25, 0.3) is 5.91 Å². The van der Waals surface area contributed by atoms with Crippen molar-refractivity contribution in [3.63, 3.8) is 0 Å². The van der Waals surface area contributed by atoms with E-state index >= 15 is 0 Å². The van der Waals surface area contributed by atoms with Crippen LogP contribution in [0, 0.1) is 3.57 Å². The lowest BCUT2D eigenvalue weighted by molar-refractivity contribution is 0.102. The number of oxazole rings is 1. The normalized spacial score (nSPS) is 11.9. The Balaban J connectivity index is 1.67. The lowest BCUT2D eigenvalue weighted by atomic mass is 10.1. The number of carbonyl (C=O) groups is 1. The molecule has 0 aliphatic carbocycles. The van der Waals surface area contributed by atoms with E-state index < -0.39 is 6.04 Å². The number of rotatable bonds is 5. The van der Waals surface area contributed by atoms with Gasteiger partial charge in [-0.3, -0.25) is 4.79 Å². The molecular formula is C18H16IN3O2. The molecule has 1 amide bonds. The first kappa shape index (κ1) is 16.7. The van der Waals surface area contributed by atoms with E-state index in [9.17, 15) is 4.79 Å². The van der Waals surface area contributed by atoms with Crippen LogP contribution in [0.2, 0.25) is 0 Å². The van der Waals surface area contributed by atoms with Gasteiger partial charge in [-0.25, -0.2) is 4.98 Å². The number of hydrogen-bond donors (Lipinski definition) is 2. The highest BCUT2D eigenvalue weighted by atomic mass is 127. The summed E-state index contributed by atoms with van der Waals surface area (Å²) in [6.07, 6.45) is 1.93. The van der Waals surface area contributed by atoms with Crippen molar-refractivity contribution >= 4 is 34.2 Å². The maximum Gasteiger partial charge on any atom is 0.277 e. The average Bonchev–Trinajstić information content (AvgIpc) is 3.06. The fourth-order valence-corrected chi connectivity index (χ4v) is 2.82. The number of hydrogen-bond acceptors (Lipinski definition) is 4. The molecule has 6 heteroatoms. The van der Waals surface area contributed by atoms with Gasteiger partial charge in [-0.05, 0) is 52.8 Å². The van der Waals surface area contributed by atoms with Crippen LogP contribution < -0.4 is 11.1 Å². The van der Waals surface area contributed by atoms with Gasteiger partial charge in [0.05, 0.1) is 6.04 Å². The Labute approximate surface area is 153 Å². The van der Waals surface area contributed by atoms with Crippen LogP contribution in [-0.4, -0.2) is 10.9 Å². The van der Waals surface area contributed by atoms with E-state index in [2.05, 4.69) is 32.9 Å². The number of nitrogens with one attached hydrogen (secondary N) is 1. The van der Waals surface area contributed by atoms with Crippen molar-refractivity contribution in [2.75, 3.05) is 5.32 Å². The van der Waals surface area contributed by atoms with Crippen LogP contribution in [0.5, 0.6) is 0 Å². The first-order valence-electron chi connectivity index (χ1n) is 7.43. The molecule has 1 unspecified atom stereocenters. The third-order valence-corrected chi connectivity index (χ3v) is 4.12. The smallest absolute Gasteiger partial charge is 0.277 e. The van der Waals surface area contributed by atoms with Crippen LogP contribution in [0.4, 0.5) is 5.69 Å². The van der Waals surface area contributed by atoms with Crippen molar-refractivity contribution in [1.82, 2.24) is 4.98 Å². The van der Waals surface area contributed by atoms with Crippen LogP contribution in [0.3, 0.4) is 0 Å². The number of nitrogens with zero attached hydrogens (tertiary/aromatic N) is 1. The van der Waals surface area contributed by atoms with Crippen LogP contribution in [0.15, 0.2) is 65.3 Å². The topological polar surface area (TPSA) is 81.1 Å². The molecule has 0 spiro atoms. The molecule has 0 aliphatic heterocycles. The highest BCUT2D eigenvalue weighted by Gasteiger charge is 2.17. The molecule has 122 valence electrons. The second-order valence-corrected chi connectivity index (χ2v) is 6.58. The Morgan fingerprint density at radius 2 is 2.00 bits per heavy atom. The molecule has 0 fully saturated rings. The van der Waals surface area contributed by atoms with Crippen molar-refractivity contribution in [2.24, 2.45) is 5.73 Å². The Hall–Kier alpha value is -2.19. The van der Waals surface area contributed by atoms with Gasteiger partial charge >= 0.3 is 0 Å². The zero-order valence-electron chi connectivity index (χ0n) is 12.8. The summed E-state index contributed by atoms with van der Waals surface area (Å²) in [6.45, 7) is 0. The number of carbonyl (C=O) groups excluding carboxylic acids is 1. The molecule has 3 N–H and O–H groups in total. The zero-order chi connectivity index (χ0) is 16.9. The van der Waals surface area contributed by atoms with Crippen molar-refractivity contribution in [3.8, 4) is 0 Å². The van der Waals surface area contributed by atoms with Gasteiger partial charge < -0.3 is 15.5 Å². The quantitative estimate of drug-likeness (QED) is 0.601. The van der Waals surface area contributed by atoms with E-state index in [1.165, 1.54) is 6.26 Å². The van der Waals surface area contributed by atoms with Gasteiger partial charge in [0.15, 0.2) is 5.69 Å². The molecule has 1 atom stereocenters. The van der Waals surface area contributed by atoms with Gasteiger partial charge in [-0.1, -0.05) is 36.4 Å². The predicted molar refractivity (Wildman–Crippen MR) is 101 cm³/mol.